The van der Waals surface area contributed by atoms with Crippen molar-refractivity contribution in [1.29, 1.82) is 0 Å². The maximum Gasteiger partial charge on any atom is 0.288 e. The van der Waals surface area contributed by atoms with E-state index in [2.05, 4.69) is 30.8 Å². The standard InChI is InChI=1S/C22H29ClN6O5S/c1-13-8-9-16(13)26-18(28-29-22(30)17-6-5-7-19(27-17)33-3)12-35(31,32)14(2)20(34-4)21-24-10-15(23)11-25-21/h5-7,10-11,13-14,16,20H,8-9,12H2,1-4H3,(H,26,28)(H,29,30)/t13-,14+,16-,20+/m1/s1. The smallest absolute Gasteiger partial charge is 0.288 e. The molecule has 0 unspecified atom stereocenters. The number of hydrazine groups is 1. The van der Waals surface area contributed by atoms with Gasteiger partial charge in [0.25, 0.3) is 5.91 Å². The van der Waals surface area contributed by atoms with Crippen LogP contribution >= 0.6 is 11.6 Å². The lowest BCUT2D eigenvalue weighted by Crippen LogP contribution is -2.47. The summed E-state index contributed by atoms with van der Waals surface area (Å²) in [6.45, 7) is 3.56. The van der Waals surface area contributed by atoms with Crippen LogP contribution in [0.15, 0.2) is 35.6 Å². The highest BCUT2D eigenvalue weighted by Gasteiger charge is 2.35. The molecule has 1 amide bonds. The van der Waals surface area contributed by atoms with Gasteiger partial charge in [0.2, 0.25) is 5.88 Å². The molecule has 0 aliphatic heterocycles. The van der Waals surface area contributed by atoms with Gasteiger partial charge in [0.15, 0.2) is 15.7 Å². The lowest BCUT2D eigenvalue weighted by atomic mass is 9.82. The number of sulfone groups is 1. The number of nitrogens with zero attached hydrogens (tertiary/aromatic N) is 4. The van der Waals surface area contributed by atoms with E-state index in [4.69, 9.17) is 21.1 Å². The molecule has 0 radical (unpaired) electrons. The maximum atomic E-state index is 13.3. The summed E-state index contributed by atoms with van der Waals surface area (Å²) in [5.74, 6) is -0.0939. The normalized spacial score (nSPS) is 19.9. The largest absolute Gasteiger partial charge is 0.481 e. The number of aliphatic imine (C=N–C) groups is 1. The van der Waals surface area contributed by atoms with Crippen LogP contribution < -0.4 is 15.6 Å². The van der Waals surface area contributed by atoms with Gasteiger partial charge >= 0.3 is 0 Å². The van der Waals surface area contributed by atoms with E-state index >= 15 is 0 Å². The van der Waals surface area contributed by atoms with Crippen LogP contribution in [0.4, 0.5) is 0 Å². The second kappa shape index (κ2) is 11.7. The van der Waals surface area contributed by atoms with E-state index in [-0.39, 0.29) is 29.3 Å². The molecular weight excluding hydrogens is 496 g/mol. The number of aromatic nitrogens is 3. The molecule has 2 N–H and O–H groups in total. The molecule has 0 saturated heterocycles. The molecule has 13 heteroatoms. The number of ether oxygens (including phenoxy) is 2. The Morgan fingerprint density at radius 3 is 2.51 bits per heavy atom. The molecular formula is C22H29ClN6O5S. The minimum Gasteiger partial charge on any atom is -0.481 e. The van der Waals surface area contributed by atoms with Crippen LogP contribution in [-0.2, 0) is 14.6 Å². The van der Waals surface area contributed by atoms with Crippen molar-refractivity contribution in [2.45, 2.75) is 44.1 Å². The average molecular weight is 525 g/mol. The predicted molar refractivity (Wildman–Crippen MR) is 131 cm³/mol. The van der Waals surface area contributed by atoms with Gasteiger partial charge in [-0.2, -0.15) is 0 Å². The Bertz CT molecular complexity index is 1160. The highest BCUT2D eigenvalue weighted by atomic mass is 35.5. The van der Waals surface area contributed by atoms with Crippen LogP contribution in [-0.4, -0.2) is 66.4 Å². The van der Waals surface area contributed by atoms with Crippen LogP contribution in [0.2, 0.25) is 5.02 Å². The molecule has 190 valence electrons. The number of pyridine rings is 1. The first-order chi connectivity index (χ1) is 16.6. The van der Waals surface area contributed by atoms with Gasteiger partial charge in [0, 0.05) is 25.6 Å². The van der Waals surface area contributed by atoms with E-state index in [9.17, 15) is 13.2 Å². The molecule has 2 aromatic heterocycles. The molecule has 1 fully saturated rings. The number of hydrogen-bond acceptors (Lipinski definition) is 9. The van der Waals surface area contributed by atoms with Gasteiger partial charge in [-0.25, -0.2) is 23.4 Å². The molecule has 0 aromatic carbocycles. The van der Waals surface area contributed by atoms with Gasteiger partial charge in [-0.05, 0) is 31.7 Å². The molecule has 1 aliphatic carbocycles. The van der Waals surface area contributed by atoms with Crippen LogP contribution in [0.5, 0.6) is 5.88 Å². The van der Waals surface area contributed by atoms with E-state index in [1.807, 2.05) is 6.92 Å². The van der Waals surface area contributed by atoms with Crippen LogP contribution in [0.25, 0.3) is 0 Å². The summed E-state index contributed by atoms with van der Waals surface area (Å²) in [5.41, 5.74) is 5.28. The van der Waals surface area contributed by atoms with Crippen LogP contribution in [0.1, 0.15) is 49.1 Å². The summed E-state index contributed by atoms with van der Waals surface area (Å²) in [5, 5.41) is -0.677. The lowest BCUT2D eigenvalue weighted by Gasteiger charge is -2.31. The summed E-state index contributed by atoms with van der Waals surface area (Å²) < 4.78 is 37.1. The molecule has 2 aromatic rings. The highest BCUT2D eigenvalue weighted by Crippen LogP contribution is 2.30. The van der Waals surface area contributed by atoms with Gasteiger partial charge in [0.1, 0.15) is 23.4 Å². The fourth-order valence-electron chi connectivity index (χ4n) is 3.48. The van der Waals surface area contributed by atoms with E-state index < -0.39 is 32.9 Å². The number of hydrogen-bond donors (Lipinski definition) is 2. The van der Waals surface area contributed by atoms with E-state index in [1.54, 1.807) is 12.1 Å². The summed E-state index contributed by atoms with van der Waals surface area (Å²) in [4.78, 5) is 29.4. The molecule has 4 atom stereocenters. The molecule has 35 heavy (non-hydrogen) atoms. The SMILES string of the molecule is COc1cccc(C(=O)NNC(CS(=O)(=O)[C@@H](C)[C@H](OC)c2ncc(Cl)cn2)=N[C@@H]2CC[C@H]2C)n1. The second-order valence-corrected chi connectivity index (χ2v) is 11.1. The number of rotatable bonds is 9. The fourth-order valence-corrected chi connectivity index (χ4v) is 4.98. The van der Waals surface area contributed by atoms with Gasteiger partial charge in [0.05, 0.1) is 23.4 Å². The van der Waals surface area contributed by atoms with Crippen molar-refractivity contribution in [1.82, 2.24) is 25.8 Å². The zero-order valence-electron chi connectivity index (χ0n) is 19.9. The van der Waals surface area contributed by atoms with E-state index in [1.165, 1.54) is 39.6 Å². The predicted octanol–water partition coefficient (Wildman–Crippen LogP) is 2.16. The number of amides is 1. The number of carbonyl (C=O) groups is 1. The van der Waals surface area contributed by atoms with Gasteiger partial charge in [-0.3, -0.25) is 20.6 Å². The van der Waals surface area contributed by atoms with Gasteiger partial charge in [-0.1, -0.05) is 24.6 Å². The minimum absolute atomic E-state index is 0.0346. The van der Waals surface area contributed by atoms with Crippen molar-refractivity contribution in [2.75, 3.05) is 20.0 Å². The molecule has 11 nitrogen and oxygen atoms in total. The number of nitrogens with one attached hydrogen (secondary N) is 2. The van der Waals surface area contributed by atoms with Crippen molar-refractivity contribution < 1.29 is 22.7 Å². The zero-order chi connectivity index (χ0) is 25.6. The number of carbonyl (C=O) groups excluding carboxylic acids is 1. The van der Waals surface area contributed by atoms with Crippen molar-refractivity contribution in [2.24, 2.45) is 10.9 Å². The second-order valence-electron chi connectivity index (χ2n) is 8.27. The first kappa shape index (κ1) is 26.8. The Balaban J connectivity index is 1.77. The van der Waals surface area contributed by atoms with Crippen molar-refractivity contribution in [3.05, 3.63) is 47.1 Å². The Morgan fingerprint density at radius 2 is 1.94 bits per heavy atom. The molecule has 1 aliphatic rings. The average Bonchev–Trinajstić information content (AvgIpc) is 2.85. The van der Waals surface area contributed by atoms with Crippen molar-refractivity contribution in [3.8, 4) is 5.88 Å². The summed E-state index contributed by atoms with van der Waals surface area (Å²) in [6, 6.07) is 4.72. The third-order valence-electron chi connectivity index (χ3n) is 5.86. The Labute approximate surface area is 209 Å². The van der Waals surface area contributed by atoms with E-state index in [0.29, 0.717) is 10.9 Å². The molecule has 0 spiro atoms. The first-order valence-electron chi connectivity index (χ1n) is 11.0. The Morgan fingerprint density at radius 1 is 1.23 bits per heavy atom. The molecule has 1 saturated carbocycles. The third-order valence-corrected chi connectivity index (χ3v) is 8.11. The number of methoxy groups -OCH3 is 2. The van der Waals surface area contributed by atoms with Gasteiger partial charge < -0.3 is 9.47 Å². The summed E-state index contributed by atoms with van der Waals surface area (Å²) in [7, 11) is -0.984. The Hall–Kier alpha value is -2.83. The molecule has 0 bridgehead atoms. The van der Waals surface area contributed by atoms with Crippen LogP contribution in [0.3, 0.4) is 0 Å². The Kier molecular flexibility index (Phi) is 8.98. The van der Waals surface area contributed by atoms with Crippen LogP contribution in [0, 0.1) is 5.92 Å². The van der Waals surface area contributed by atoms with Crippen molar-refractivity contribution in [3.63, 3.8) is 0 Å². The molecule has 2 heterocycles. The quantitative estimate of drug-likeness (QED) is 0.286. The summed E-state index contributed by atoms with van der Waals surface area (Å²) in [6.07, 6.45) is 3.68. The highest BCUT2D eigenvalue weighted by molar-refractivity contribution is 7.92. The third kappa shape index (κ3) is 6.86. The first-order valence-corrected chi connectivity index (χ1v) is 13.1. The van der Waals surface area contributed by atoms with E-state index in [0.717, 1.165) is 12.8 Å². The lowest BCUT2D eigenvalue weighted by molar-refractivity contribution is 0.0936. The number of amidine groups is 1. The topological polar surface area (TPSA) is 145 Å². The minimum atomic E-state index is -3.82. The van der Waals surface area contributed by atoms with Crippen molar-refractivity contribution >= 4 is 33.2 Å². The number of halogens is 1. The fraction of sp³-hybridized carbons (Fsp3) is 0.500. The zero-order valence-corrected chi connectivity index (χ0v) is 21.5. The summed E-state index contributed by atoms with van der Waals surface area (Å²) >= 11 is 5.84. The molecule has 3 rings (SSSR count). The maximum absolute atomic E-state index is 13.3. The van der Waals surface area contributed by atoms with Gasteiger partial charge in [-0.15, -0.1) is 0 Å². The monoisotopic (exact) mass is 524 g/mol.